The van der Waals surface area contributed by atoms with Crippen molar-refractivity contribution < 1.29 is 18.3 Å². The first kappa shape index (κ1) is 28.0. The number of alkyl halides is 3. The van der Waals surface area contributed by atoms with E-state index in [1.54, 1.807) is 35.4 Å². The lowest BCUT2D eigenvalue weighted by Gasteiger charge is -2.33. The quantitative estimate of drug-likeness (QED) is 0.270. The van der Waals surface area contributed by atoms with Crippen LogP contribution < -0.4 is 5.32 Å². The van der Waals surface area contributed by atoms with Gasteiger partial charge in [0.2, 0.25) is 0 Å². The number of benzene rings is 1. The highest BCUT2D eigenvalue weighted by Crippen LogP contribution is 2.35. The SMILES string of the molecule is C=N/C=C\n1ncc(C#Cc2cncc(C(O)Nc3ccc(CN4CCN(C)CC4)c(C(F)(F)F)c3)c2)c1C. The summed E-state index contributed by atoms with van der Waals surface area (Å²) in [6, 6.07) is 5.70. The molecular weight excluding hydrogens is 507 g/mol. The van der Waals surface area contributed by atoms with E-state index in [1.807, 2.05) is 18.9 Å². The molecule has 3 aromatic rings. The molecule has 0 spiro atoms. The standard InChI is InChI=1S/C28H30F3N7O/c1-20-22(18-34-38(20)9-8-32-2)5-4-21-14-24(17-33-16-21)27(39)35-25-7-6-23(26(15-25)28(29,30)31)19-37-12-10-36(3)11-13-37/h6-9,14-18,27,35,39H,2,10-13,19H2,1,3H3/b9-8-. The van der Waals surface area contributed by atoms with Gasteiger partial charge in [0.1, 0.15) is 0 Å². The Balaban J connectivity index is 1.49. The Bertz CT molecular complexity index is 1400. The molecule has 1 fully saturated rings. The maximum Gasteiger partial charge on any atom is 0.416 e. The van der Waals surface area contributed by atoms with Crippen LogP contribution in [0.3, 0.4) is 0 Å². The molecule has 11 heteroatoms. The average molecular weight is 538 g/mol. The van der Waals surface area contributed by atoms with Crippen LogP contribution in [0, 0.1) is 18.8 Å². The molecule has 1 aliphatic heterocycles. The van der Waals surface area contributed by atoms with Gasteiger partial charge in [-0.05, 0) is 44.5 Å². The summed E-state index contributed by atoms with van der Waals surface area (Å²) >= 11 is 0. The number of likely N-dealkylation sites (N-methyl/N-ethyl adjacent to an activating group) is 1. The Morgan fingerprint density at radius 3 is 2.64 bits per heavy atom. The van der Waals surface area contributed by atoms with Crippen LogP contribution in [-0.2, 0) is 12.7 Å². The normalized spacial score (nSPS) is 15.6. The summed E-state index contributed by atoms with van der Waals surface area (Å²) in [7, 11) is 2.00. The molecule has 1 atom stereocenters. The number of piperazine rings is 1. The van der Waals surface area contributed by atoms with Crippen molar-refractivity contribution in [1.29, 1.82) is 0 Å². The van der Waals surface area contributed by atoms with Gasteiger partial charge in [0.25, 0.3) is 0 Å². The van der Waals surface area contributed by atoms with Crippen molar-refractivity contribution in [2.24, 2.45) is 4.99 Å². The van der Waals surface area contributed by atoms with Crippen LogP contribution in [0.4, 0.5) is 18.9 Å². The van der Waals surface area contributed by atoms with Gasteiger partial charge in [0.15, 0.2) is 6.23 Å². The van der Waals surface area contributed by atoms with E-state index < -0.39 is 18.0 Å². The van der Waals surface area contributed by atoms with E-state index in [0.717, 1.165) is 24.8 Å². The second kappa shape index (κ2) is 12.3. The Morgan fingerprint density at radius 1 is 1.15 bits per heavy atom. The number of aliphatic imine (C=N–C) groups is 1. The molecule has 39 heavy (non-hydrogen) atoms. The minimum absolute atomic E-state index is 0.151. The van der Waals surface area contributed by atoms with E-state index in [2.05, 4.69) is 43.9 Å². The van der Waals surface area contributed by atoms with Crippen molar-refractivity contribution >= 4 is 18.6 Å². The molecule has 3 heterocycles. The van der Waals surface area contributed by atoms with Crippen LogP contribution in [0.5, 0.6) is 0 Å². The second-order valence-electron chi connectivity index (χ2n) is 9.32. The minimum atomic E-state index is -4.52. The molecule has 2 N–H and O–H groups in total. The molecule has 1 aromatic carbocycles. The molecule has 0 amide bonds. The number of rotatable bonds is 7. The molecule has 4 rings (SSSR count). The number of aliphatic hydroxyl groups is 1. The number of nitrogens with zero attached hydrogens (tertiary/aromatic N) is 6. The smallest absolute Gasteiger partial charge is 0.369 e. The Morgan fingerprint density at radius 2 is 1.92 bits per heavy atom. The first-order valence-corrected chi connectivity index (χ1v) is 12.3. The zero-order valence-electron chi connectivity index (χ0n) is 21.8. The summed E-state index contributed by atoms with van der Waals surface area (Å²) in [6.45, 7) is 8.53. The molecule has 1 aliphatic rings. The van der Waals surface area contributed by atoms with Crippen LogP contribution in [0.25, 0.3) is 6.20 Å². The number of hydrogen-bond acceptors (Lipinski definition) is 7. The zero-order chi connectivity index (χ0) is 28.0. The molecule has 0 bridgehead atoms. The lowest BCUT2D eigenvalue weighted by Crippen LogP contribution is -2.44. The maximum atomic E-state index is 13.9. The monoisotopic (exact) mass is 537 g/mol. The fourth-order valence-electron chi connectivity index (χ4n) is 4.18. The number of hydrogen-bond donors (Lipinski definition) is 2. The van der Waals surface area contributed by atoms with Crippen molar-refractivity contribution in [1.82, 2.24) is 24.6 Å². The highest BCUT2D eigenvalue weighted by Gasteiger charge is 2.34. The molecule has 1 saturated heterocycles. The van der Waals surface area contributed by atoms with Gasteiger partial charge in [-0.3, -0.25) is 14.9 Å². The molecule has 8 nitrogen and oxygen atoms in total. The molecule has 204 valence electrons. The third-order valence-corrected chi connectivity index (χ3v) is 6.48. The number of aromatic nitrogens is 3. The van der Waals surface area contributed by atoms with Gasteiger partial charge in [0.05, 0.1) is 23.0 Å². The number of nitrogens with one attached hydrogen (secondary N) is 1. The Hall–Kier alpha value is -3.98. The highest BCUT2D eigenvalue weighted by atomic mass is 19.4. The lowest BCUT2D eigenvalue weighted by molar-refractivity contribution is -0.138. The molecule has 0 saturated carbocycles. The number of anilines is 1. The topological polar surface area (TPSA) is 81.8 Å². The van der Waals surface area contributed by atoms with Gasteiger partial charge in [-0.1, -0.05) is 17.9 Å². The second-order valence-corrected chi connectivity index (χ2v) is 9.32. The van der Waals surface area contributed by atoms with Crippen molar-refractivity contribution in [2.45, 2.75) is 25.9 Å². The van der Waals surface area contributed by atoms with E-state index in [0.29, 0.717) is 29.8 Å². The van der Waals surface area contributed by atoms with Crippen molar-refractivity contribution in [3.05, 3.63) is 82.6 Å². The van der Waals surface area contributed by atoms with Crippen molar-refractivity contribution in [3.63, 3.8) is 0 Å². The Labute approximate surface area is 225 Å². The van der Waals surface area contributed by atoms with Gasteiger partial charge in [-0.15, -0.1) is 0 Å². The van der Waals surface area contributed by atoms with Crippen LogP contribution in [0.1, 0.15) is 39.7 Å². The number of pyridine rings is 1. The minimum Gasteiger partial charge on any atom is -0.369 e. The number of halogens is 3. The Kier molecular flexibility index (Phi) is 8.81. The third-order valence-electron chi connectivity index (χ3n) is 6.48. The van der Waals surface area contributed by atoms with Gasteiger partial charge < -0.3 is 15.3 Å². The van der Waals surface area contributed by atoms with Gasteiger partial charge >= 0.3 is 6.18 Å². The van der Waals surface area contributed by atoms with Gasteiger partial charge in [-0.2, -0.15) is 18.3 Å². The van der Waals surface area contributed by atoms with Crippen molar-refractivity contribution in [3.8, 4) is 11.8 Å². The average Bonchev–Trinajstić information content (AvgIpc) is 3.26. The molecule has 0 aliphatic carbocycles. The predicted molar refractivity (Wildman–Crippen MR) is 145 cm³/mol. The molecular formula is C28H30F3N7O. The summed E-state index contributed by atoms with van der Waals surface area (Å²) < 4.78 is 43.4. The van der Waals surface area contributed by atoms with Crippen LogP contribution >= 0.6 is 0 Å². The first-order valence-electron chi connectivity index (χ1n) is 12.3. The van der Waals surface area contributed by atoms with E-state index in [-0.39, 0.29) is 17.8 Å². The van der Waals surface area contributed by atoms with E-state index >= 15 is 0 Å². The first-order chi connectivity index (χ1) is 18.6. The largest absolute Gasteiger partial charge is 0.416 e. The summed E-state index contributed by atoms with van der Waals surface area (Å²) in [6.07, 6.45) is 1.95. The molecule has 2 aromatic heterocycles. The highest BCUT2D eigenvalue weighted by molar-refractivity contribution is 5.51. The van der Waals surface area contributed by atoms with Crippen molar-refractivity contribution in [2.75, 3.05) is 38.5 Å². The summed E-state index contributed by atoms with van der Waals surface area (Å²) in [5.41, 5.74) is 2.05. The fourth-order valence-corrected chi connectivity index (χ4v) is 4.18. The predicted octanol–water partition coefficient (Wildman–Crippen LogP) is 3.98. The van der Waals surface area contributed by atoms with Crippen LogP contribution in [0.2, 0.25) is 0 Å². The zero-order valence-corrected chi connectivity index (χ0v) is 21.8. The number of aliphatic hydroxyl groups excluding tert-OH is 1. The third kappa shape index (κ3) is 7.32. The fraction of sp³-hybridized carbons (Fsp3) is 0.321. The maximum absolute atomic E-state index is 13.9. The van der Waals surface area contributed by atoms with Gasteiger partial charge in [0, 0.05) is 74.3 Å². The van der Waals surface area contributed by atoms with E-state index in [9.17, 15) is 18.3 Å². The molecule has 0 radical (unpaired) electrons. The summed E-state index contributed by atoms with van der Waals surface area (Å²) in [5, 5.41) is 17.7. The van der Waals surface area contributed by atoms with Gasteiger partial charge in [-0.25, -0.2) is 4.68 Å². The van der Waals surface area contributed by atoms with Crippen LogP contribution in [-0.4, -0.2) is 69.6 Å². The van der Waals surface area contributed by atoms with Crippen LogP contribution in [0.15, 0.2) is 54.0 Å². The van der Waals surface area contributed by atoms with E-state index in [4.69, 9.17) is 0 Å². The lowest BCUT2D eigenvalue weighted by atomic mass is 10.0. The van der Waals surface area contributed by atoms with E-state index in [1.165, 1.54) is 18.5 Å². The summed E-state index contributed by atoms with van der Waals surface area (Å²) in [4.78, 5) is 12.0. The molecule has 1 unspecified atom stereocenters. The summed E-state index contributed by atoms with van der Waals surface area (Å²) in [5.74, 6) is 6.01.